The Labute approximate surface area is 114 Å². The average molecular weight is 321 g/mol. The van der Waals surface area contributed by atoms with Crippen LogP contribution in [0.5, 0.6) is 5.75 Å². The maximum absolute atomic E-state index is 11.7. The molecule has 0 spiro atoms. The van der Waals surface area contributed by atoms with Crippen LogP contribution in [0, 0.1) is 0 Å². The third-order valence-electron chi connectivity index (χ3n) is 2.39. The molecule has 0 heterocycles. The molecular formula is C12H15BrClNO2. The molecule has 0 saturated heterocycles. The van der Waals surface area contributed by atoms with E-state index in [0.717, 1.165) is 12.8 Å². The first-order valence-corrected chi connectivity index (χ1v) is 6.68. The van der Waals surface area contributed by atoms with Crippen molar-refractivity contribution in [3.05, 3.63) is 28.2 Å². The van der Waals surface area contributed by atoms with Crippen molar-refractivity contribution >= 4 is 33.4 Å². The Bertz CT molecular complexity index is 398. The summed E-state index contributed by atoms with van der Waals surface area (Å²) in [6.07, 6.45) is 1.63. The topological polar surface area (TPSA) is 49.3 Å². The number of alkyl halides is 1. The number of phenolic OH excluding ortho intramolecular Hbond substituents is 1. The monoisotopic (exact) mass is 319 g/mol. The molecule has 1 atom stereocenters. The lowest BCUT2D eigenvalue weighted by molar-refractivity contribution is 0.0952. The SMILES string of the molecule is CCC(Cl)CCNC(=O)c1ccc(Br)c(O)c1. The van der Waals surface area contributed by atoms with Crippen LogP contribution in [0.2, 0.25) is 0 Å². The standard InChI is InChI=1S/C12H15BrClNO2/c1-2-9(14)5-6-15-12(17)8-3-4-10(13)11(16)7-8/h3-4,7,9,16H,2,5-6H2,1H3,(H,15,17). The molecule has 17 heavy (non-hydrogen) atoms. The highest BCUT2D eigenvalue weighted by Crippen LogP contribution is 2.24. The van der Waals surface area contributed by atoms with E-state index in [-0.39, 0.29) is 17.0 Å². The molecule has 0 bridgehead atoms. The summed E-state index contributed by atoms with van der Waals surface area (Å²) in [5.41, 5.74) is 0.438. The van der Waals surface area contributed by atoms with E-state index < -0.39 is 0 Å². The first kappa shape index (κ1) is 14.3. The summed E-state index contributed by atoms with van der Waals surface area (Å²) < 4.78 is 0.570. The smallest absolute Gasteiger partial charge is 0.251 e. The summed E-state index contributed by atoms with van der Waals surface area (Å²) >= 11 is 9.10. The maximum atomic E-state index is 11.7. The van der Waals surface area contributed by atoms with Crippen LogP contribution in [0.15, 0.2) is 22.7 Å². The zero-order valence-electron chi connectivity index (χ0n) is 9.54. The highest BCUT2D eigenvalue weighted by atomic mass is 79.9. The average Bonchev–Trinajstić information content (AvgIpc) is 2.32. The molecule has 1 rings (SSSR count). The number of carbonyl (C=O) groups is 1. The van der Waals surface area contributed by atoms with Gasteiger partial charge in [-0.1, -0.05) is 6.92 Å². The Morgan fingerprint density at radius 1 is 1.59 bits per heavy atom. The van der Waals surface area contributed by atoms with Crippen LogP contribution in [0.25, 0.3) is 0 Å². The van der Waals surface area contributed by atoms with Gasteiger partial charge in [0.15, 0.2) is 0 Å². The second kappa shape index (κ2) is 6.87. The molecule has 3 nitrogen and oxygen atoms in total. The fraction of sp³-hybridized carbons (Fsp3) is 0.417. The summed E-state index contributed by atoms with van der Waals surface area (Å²) in [5.74, 6) is -0.144. The van der Waals surface area contributed by atoms with Gasteiger partial charge in [0.2, 0.25) is 0 Å². The first-order chi connectivity index (χ1) is 8.04. The Morgan fingerprint density at radius 3 is 2.88 bits per heavy atom. The van der Waals surface area contributed by atoms with Gasteiger partial charge >= 0.3 is 0 Å². The van der Waals surface area contributed by atoms with Gasteiger partial charge in [0.25, 0.3) is 5.91 Å². The van der Waals surface area contributed by atoms with Crippen molar-refractivity contribution in [3.8, 4) is 5.75 Å². The minimum atomic E-state index is -0.201. The van der Waals surface area contributed by atoms with Gasteiger partial charge in [0, 0.05) is 17.5 Å². The number of nitrogens with one attached hydrogen (secondary N) is 1. The molecule has 1 amide bonds. The predicted molar refractivity (Wildman–Crippen MR) is 72.7 cm³/mol. The molecule has 0 radical (unpaired) electrons. The minimum Gasteiger partial charge on any atom is -0.507 e. The van der Waals surface area contributed by atoms with Crippen LogP contribution < -0.4 is 5.32 Å². The zero-order chi connectivity index (χ0) is 12.8. The van der Waals surface area contributed by atoms with E-state index in [1.54, 1.807) is 12.1 Å². The third-order valence-corrected chi connectivity index (χ3v) is 3.59. The predicted octanol–water partition coefficient (Wildman–Crippen LogP) is 3.29. The van der Waals surface area contributed by atoms with E-state index in [1.807, 2.05) is 6.92 Å². The van der Waals surface area contributed by atoms with Gasteiger partial charge in [-0.25, -0.2) is 0 Å². The molecule has 94 valence electrons. The van der Waals surface area contributed by atoms with E-state index in [4.69, 9.17) is 11.6 Å². The fourth-order valence-electron chi connectivity index (χ4n) is 1.30. The van der Waals surface area contributed by atoms with E-state index in [2.05, 4.69) is 21.2 Å². The maximum Gasteiger partial charge on any atom is 0.251 e. The summed E-state index contributed by atoms with van der Waals surface area (Å²) in [7, 11) is 0. The Kier molecular flexibility index (Phi) is 5.78. The lowest BCUT2D eigenvalue weighted by Gasteiger charge is -2.08. The van der Waals surface area contributed by atoms with Crippen molar-refractivity contribution in [2.75, 3.05) is 6.54 Å². The van der Waals surface area contributed by atoms with Crippen molar-refractivity contribution in [3.63, 3.8) is 0 Å². The molecule has 0 aliphatic rings. The molecule has 1 unspecified atom stereocenters. The van der Waals surface area contributed by atoms with Crippen LogP contribution in [-0.4, -0.2) is 22.9 Å². The zero-order valence-corrected chi connectivity index (χ0v) is 11.9. The van der Waals surface area contributed by atoms with Gasteiger partial charge in [-0.3, -0.25) is 4.79 Å². The largest absolute Gasteiger partial charge is 0.507 e. The lowest BCUT2D eigenvalue weighted by Crippen LogP contribution is -2.25. The summed E-state index contributed by atoms with van der Waals surface area (Å²) in [6.45, 7) is 2.55. The molecule has 0 aliphatic heterocycles. The fourth-order valence-corrected chi connectivity index (χ4v) is 1.66. The number of rotatable bonds is 5. The second-order valence-electron chi connectivity index (χ2n) is 3.72. The number of hydrogen-bond donors (Lipinski definition) is 2. The van der Waals surface area contributed by atoms with Gasteiger partial charge in [0.05, 0.1) is 4.47 Å². The highest BCUT2D eigenvalue weighted by Gasteiger charge is 2.08. The molecule has 2 N–H and O–H groups in total. The number of aromatic hydroxyl groups is 1. The number of carbonyl (C=O) groups excluding carboxylic acids is 1. The van der Waals surface area contributed by atoms with Crippen LogP contribution in [-0.2, 0) is 0 Å². The van der Waals surface area contributed by atoms with Crippen LogP contribution >= 0.6 is 27.5 Å². The van der Waals surface area contributed by atoms with E-state index in [0.29, 0.717) is 16.6 Å². The summed E-state index contributed by atoms with van der Waals surface area (Å²) in [5, 5.41) is 12.3. The summed E-state index contributed by atoms with van der Waals surface area (Å²) in [4.78, 5) is 11.7. The van der Waals surface area contributed by atoms with Gasteiger partial charge in [-0.15, -0.1) is 11.6 Å². The minimum absolute atomic E-state index is 0.0569. The summed E-state index contributed by atoms with van der Waals surface area (Å²) in [6, 6.07) is 4.72. The molecule has 1 aromatic carbocycles. The van der Waals surface area contributed by atoms with E-state index >= 15 is 0 Å². The number of halogens is 2. The van der Waals surface area contributed by atoms with Crippen molar-refractivity contribution < 1.29 is 9.90 Å². The normalized spacial score (nSPS) is 12.2. The number of hydrogen-bond acceptors (Lipinski definition) is 2. The second-order valence-corrected chi connectivity index (χ2v) is 5.19. The van der Waals surface area contributed by atoms with Gasteiger partial charge < -0.3 is 10.4 Å². The highest BCUT2D eigenvalue weighted by molar-refractivity contribution is 9.10. The van der Waals surface area contributed by atoms with Gasteiger partial charge in [-0.2, -0.15) is 0 Å². The molecule has 0 saturated carbocycles. The molecule has 0 fully saturated rings. The molecule has 0 aromatic heterocycles. The number of phenols is 1. The first-order valence-electron chi connectivity index (χ1n) is 5.45. The Hall–Kier alpha value is -0.740. The van der Waals surface area contributed by atoms with Crippen molar-refractivity contribution in [2.45, 2.75) is 25.1 Å². The van der Waals surface area contributed by atoms with Crippen molar-refractivity contribution in [2.24, 2.45) is 0 Å². The number of amides is 1. The lowest BCUT2D eigenvalue weighted by atomic mass is 10.2. The van der Waals surface area contributed by atoms with Gasteiger partial charge in [0.1, 0.15) is 5.75 Å². The van der Waals surface area contributed by atoms with Crippen LogP contribution in [0.3, 0.4) is 0 Å². The quantitative estimate of drug-likeness (QED) is 0.818. The Morgan fingerprint density at radius 2 is 2.29 bits per heavy atom. The third kappa shape index (κ3) is 4.56. The molecule has 0 aliphatic carbocycles. The van der Waals surface area contributed by atoms with Crippen molar-refractivity contribution in [1.82, 2.24) is 5.32 Å². The number of benzene rings is 1. The molecular weight excluding hydrogens is 305 g/mol. The molecule has 5 heteroatoms. The van der Waals surface area contributed by atoms with Crippen molar-refractivity contribution in [1.29, 1.82) is 0 Å². The molecule has 1 aromatic rings. The van der Waals surface area contributed by atoms with E-state index in [9.17, 15) is 9.90 Å². The van der Waals surface area contributed by atoms with Crippen LogP contribution in [0.1, 0.15) is 30.1 Å². The van der Waals surface area contributed by atoms with Crippen LogP contribution in [0.4, 0.5) is 0 Å². The Balaban J connectivity index is 2.50. The van der Waals surface area contributed by atoms with Gasteiger partial charge in [-0.05, 0) is 47.0 Å². The van der Waals surface area contributed by atoms with E-state index in [1.165, 1.54) is 6.07 Å².